The fourth-order valence-electron chi connectivity index (χ4n) is 2.55. The van der Waals surface area contributed by atoms with Crippen LogP contribution in [-0.4, -0.2) is 43.1 Å². The first-order chi connectivity index (χ1) is 8.13. The molecule has 0 spiro atoms. The van der Waals surface area contributed by atoms with Gasteiger partial charge in [-0.05, 0) is 26.1 Å². The summed E-state index contributed by atoms with van der Waals surface area (Å²) in [5.74, 6) is 0.608. The predicted molar refractivity (Wildman–Crippen MR) is 67.8 cm³/mol. The van der Waals surface area contributed by atoms with Crippen LogP contribution in [0, 0.1) is 17.2 Å². The third kappa shape index (κ3) is 2.25. The van der Waals surface area contributed by atoms with Crippen molar-refractivity contribution in [2.24, 2.45) is 5.92 Å². The molecule has 1 aromatic heterocycles. The second-order valence-electron chi connectivity index (χ2n) is 4.92. The highest BCUT2D eigenvalue weighted by Gasteiger charge is 2.31. The lowest BCUT2D eigenvalue weighted by Crippen LogP contribution is -2.34. The Balaban J connectivity index is 2.23. The maximum Gasteiger partial charge on any atom is 0.101 e. The van der Waals surface area contributed by atoms with Crippen LogP contribution < -0.4 is 4.90 Å². The van der Waals surface area contributed by atoms with Crippen molar-refractivity contribution in [2.75, 3.05) is 32.1 Å². The van der Waals surface area contributed by atoms with E-state index in [0.29, 0.717) is 17.5 Å². The summed E-state index contributed by atoms with van der Waals surface area (Å²) in [6, 6.07) is 4.56. The van der Waals surface area contributed by atoms with Crippen molar-refractivity contribution in [3.8, 4) is 6.07 Å². The molecule has 1 aliphatic rings. The molecule has 1 aromatic rings. The first-order valence-corrected chi connectivity index (χ1v) is 5.89. The fraction of sp³-hybridized carbons (Fsp3) is 0.538. The predicted octanol–water partition coefficient (Wildman–Crippen LogP) is 1.34. The number of anilines is 1. The van der Waals surface area contributed by atoms with Crippen LogP contribution in [0.1, 0.15) is 12.5 Å². The maximum absolute atomic E-state index is 9.10. The van der Waals surface area contributed by atoms with E-state index in [2.05, 4.69) is 41.9 Å². The van der Waals surface area contributed by atoms with Gasteiger partial charge in [0.15, 0.2) is 0 Å². The number of likely N-dealkylation sites (N-methyl/N-ethyl adjacent to an activating group) is 1. The zero-order valence-corrected chi connectivity index (χ0v) is 10.6. The Hall–Kier alpha value is -1.60. The number of hydrogen-bond donors (Lipinski definition) is 0. The lowest BCUT2D eigenvalue weighted by molar-refractivity contribution is 0.266. The molecule has 2 unspecified atom stereocenters. The fourth-order valence-corrected chi connectivity index (χ4v) is 2.55. The molecule has 2 atom stereocenters. The summed E-state index contributed by atoms with van der Waals surface area (Å²) in [5, 5.41) is 9.10. The molecule has 0 amide bonds. The first-order valence-electron chi connectivity index (χ1n) is 5.89. The Morgan fingerprint density at radius 3 is 2.82 bits per heavy atom. The molecule has 0 aliphatic carbocycles. The summed E-state index contributed by atoms with van der Waals surface area (Å²) in [6.07, 6.45) is 3.47. The number of pyridine rings is 1. The van der Waals surface area contributed by atoms with E-state index in [1.807, 2.05) is 0 Å². The minimum Gasteiger partial charge on any atom is -0.367 e. The third-order valence-electron chi connectivity index (χ3n) is 3.50. The van der Waals surface area contributed by atoms with Crippen LogP contribution in [0.25, 0.3) is 0 Å². The van der Waals surface area contributed by atoms with Gasteiger partial charge in [0.05, 0.1) is 17.4 Å². The van der Waals surface area contributed by atoms with Gasteiger partial charge in [-0.2, -0.15) is 5.26 Å². The SMILES string of the molecule is CC1CN(c2cnccc2C#N)CC1N(C)C. The largest absolute Gasteiger partial charge is 0.367 e. The van der Waals surface area contributed by atoms with Crippen molar-refractivity contribution in [2.45, 2.75) is 13.0 Å². The van der Waals surface area contributed by atoms with E-state index in [1.54, 1.807) is 18.5 Å². The van der Waals surface area contributed by atoms with Crippen LogP contribution in [0.15, 0.2) is 18.5 Å². The van der Waals surface area contributed by atoms with E-state index in [9.17, 15) is 0 Å². The first kappa shape index (κ1) is 11.9. The van der Waals surface area contributed by atoms with Crippen LogP contribution >= 0.6 is 0 Å². The second kappa shape index (κ2) is 4.72. The molecular formula is C13H18N4. The normalized spacial score (nSPS) is 24.1. The summed E-state index contributed by atoms with van der Waals surface area (Å²) >= 11 is 0. The van der Waals surface area contributed by atoms with Gasteiger partial charge in [-0.15, -0.1) is 0 Å². The molecule has 0 radical (unpaired) electrons. The van der Waals surface area contributed by atoms with Crippen molar-refractivity contribution in [1.82, 2.24) is 9.88 Å². The Bertz CT molecular complexity index is 435. The molecule has 4 heteroatoms. The van der Waals surface area contributed by atoms with E-state index in [1.165, 1.54) is 0 Å². The van der Waals surface area contributed by atoms with Gasteiger partial charge in [0, 0.05) is 25.3 Å². The summed E-state index contributed by atoms with van der Waals surface area (Å²) in [6.45, 7) is 4.21. The molecule has 2 heterocycles. The number of rotatable bonds is 2. The van der Waals surface area contributed by atoms with Gasteiger partial charge >= 0.3 is 0 Å². The highest BCUT2D eigenvalue weighted by atomic mass is 15.2. The molecule has 90 valence electrons. The molecule has 0 bridgehead atoms. The zero-order chi connectivity index (χ0) is 12.4. The number of aromatic nitrogens is 1. The molecule has 0 aromatic carbocycles. The molecule has 1 fully saturated rings. The quantitative estimate of drug-likeness (QED) is 0.769. The molecule has 17 heavy (non-hydrogen) atoms. The van der Waals surface area contributed by atoms with E-state index in [4.69, 9.17) is 5.26 Å². The Labute approximate surface area is 102 Å². The van der Waals surface area contributed by atoms with Gasteiger partial charge in [-0.1, -0.05) is 6.92 Å². The van der Waals surface area contributed by atoms with Crippen LogP contribution in [-0.2, 0) is 0 Å². The zero-order valence-electron chi connectivity index (χ0n) is 10.6. The lowest BCUT2D eigenvalue weighted by Gasteiger charge is -2.23. The summed E-state index contributed by atoms with van der Waals surface area (Å²) in [5.41, 5.74) is 1.68. The van der Waals surface area contributed by atoms with Crippen LogP contribution in [0.4, 0.5) is 5.69 Å². The number of nitriles is 1. The van der Waals surface area contributed by atoms with Gasteiger partial charge in [0.25, 0.3) is 0 Å². The molecule has 1 aliphatic heterocycles. The van der Waals surface area contributed by atoms with Crippen molar-refractivity contribution in [3.63, 3.8) is 0 Å². The van der Waals surface area contributed by atoms with Crippen LogP contribution in [0.2, 0.25) is 0 Å². The van der Waals surface area contributed by atoms with E-state index in [0.717, 1.165) is 18.8 Å². The van der Waals surface area contributed by atoms with Crippen molar-refractivity contribution >= 4 is 5.69 Å². The smallest absolute Gasteiger partial charge is 0.101 e. The minimum absolute atomic E-state index is 0.543. The van der Waals surface area contributed by atoms with Crippen molar-refractivity contribution < 1.29 is 0 Å². The molecule has 0 saturated carbocycles. The van der Waals surface area contributed by atoms with Gasteiger partial charge < -0.3 is 9.80 Å². The molecule has 2 rings (SSSR count). The maximum atomic E-state index is 9.10. The minimum atomic E-state index is 0.543. The van der Waals surface area contributed by atoms with Crippen molar-refractivity contribution in [3.05, 3.63) is 24.0 Å². The molecule has 1 saturated heterocycles. The molecule has 0 N–H and O–H groups in total. The van der Waals surface area contributed by atoms with Gasteiger partial charge in [-0.3, -0.25) is 4.98 Å². The van der Waals surface area contributed by atoms with Gasteiger partial charge in [-0.25, -0.2) is 0 Å². The summed E-state index contributed by atoms with van der Waals surface area (Å²) < 4.78 is 0. The average molecular weight is 230 g/mol. The van der Waals surface area contributed by atoms with Crippen molar-refractivity contribution in [1.29, 1.82) is 5.26 Å². The highest BCUT2D eigenvalue weighted by molar-refractivity contribution is 5.58. The lowest BCUT2D eigenvalue weighted by atomic mass is 10.1. The van der Waals surface area contributed by atoms with Gasteiger partial charge in [0.2, 0.25) is 0 Å². The van der Waals surface area contributed by atoms with E-state index in [-0.39, 0.29) is 0 Å². The highest BCUT2D eigenvalue weighted by Crippen LogP contribution is 2.27. The Morgan fingerprint density at radius 1 is 1.47 bits per heavy atom. The van der Waals surface area contributed by atoms with E-state index < -0.39 is 0 Å². The number of hydrogen-bond acceptors (Lipinski definition) is 4. The Morgan fingerprint density at radius 2 is 2.24 bits per heavy atom. The molecular weight excluding hydrogens is 212 g/mol. The topological polar surface area (TPSA) is 43.2 Å². The summed E-state index contributed by atoms with van der Waals surface area (Å²) in [7, 11) is 4.22. The number of nitrogens with zero attached hydrogens (tertiary/aromatic N) is 4. The van der Waals surface area contributed by atoms with Gasteiger partial charge in [0.1, 0.15) is 6.07 Å². The third-order valence-corrected chi connectivity index (χ3v) is 3.50. The standard InChI is InChI=1S/C13H18N4/c1-10-8-17(9-13(10)16(2)3)12-7-15-5-4-11(12)6-14/h4-5,7,10,13H,8-9H2,1-3H3. The van der Waals surface area contributed by atoms with Crippen LogP contribution in [0.3, 0.4) is 0 Å². The Kier molecular flexibility index (Phi) is 3.30. The van der Waals surface area contributed by atoms with E-state index >= 15 is 0 Å². The second-order valence-corrected chi connectivity index (χ2v) is 4.92. The monoisotopic (exact) mass is 230 g/mol. The van der Waals surface area contributed by atoms with Crippen LogP contribution in [0.5, 0.6) is 0 Å². The molecule has 4 nitrogen and oxygen atoms in total. The summed E-state index contributed by atoms with van der Waals surface area (Å²) in [4.78, 5) is 8.65. The average Bonchev–Trinajstić information content (AvgIpc) is 2.71.